The topological polar surface area (TPSA) is 57.4 Å². The van der Waals surface area contributed by atoms with Crippen molar-refractivity contribution >= 4 is 60.4 Å². The van der Waals surface area contributed by atoms with Crippen LogP contribution < -0.4 is 4.48 Å². The van der Waals surface area contributed by atoms with E-state index in [0.29, 0.717) is 0 Å². The van der Waals surface area contributed by atoms with Gasteiger partial charge in [-0.25, -0.2) is 4.48 Å². The molecule has 0 saturated carbocycles. The molecule has 4 aliphatic rings. The maximum atomic E-state index is 11.9. The van der Waals surface area contributed by atoms with E-state index in [0.717, 1.165) is 74.2 Å². The van der Waals surface area contributed by atoms with Gasteiger partial charge >= 0.3 is 0 Å². The molecule has 0 aromatic heterocycles. The fourth-order valence-electron chi connectivity index (χ4n) is 8.87. The van der Waals surface area contributed by atoms with Gasteiger partial charge in [-0.05, 0) is 97.9 Å². The van der Waals surface area contributed by atoms with Crippen LogP contribution in [0, 0.1) is 6.54 Å². The quantitative estimate of drug-likeness (QED) is 0.0949. The summed E-state index contributed by atoms with van der Waals surface area (Å²) in [5.74, 6) is -0.356. The number of nitrogens with zero attached hydrogens (tertiary/aromatic N) is 2. The highest BCUT2D eigenvalue weighted by Crippen LogP contribution is 2.60. The Kier molecular flexibility index (Phi) is 7.51. The largest absolute Gasteiger partial charge is 0.285 e. The molecule has 0 bridgehead atoms. The molecule has 1 fully saturated rings. The zero-order valence-electron chi connectivity index (χ0n) is 28.5. The van der Waals surface area contributed by atoms with Gasteiger partial charge in [-0.2, -0.15) is 13.0 Å². The van der Waals surface area contributed by atoms with Crippen molar-refractivity contribution in [1.29, 1.82) is 0 Å². The van der Waals surface area contributed by atoms with Crippen molar-refractivity contribution in [3.05, 3.63) is 137 Å². The first-order valence-corrected chi connectivity index (χ1v) is 19.2. The Morgan fingerprint density at radius 2 is 1.49 bits per heavy atom. The minimum Gasteiger partial charge on any atom is -0.285 e. The SMILES string of the molecule is CC1(C)C(/C=C/C2=C(Cl)C(=C/C=C3\C(C)(C)c4c(ccc5ccccc45)[N+]34[CH]C4)/CCC2)=[N+](CCS(=O)(=O)O)c2ccc3ccccc3c21. The average Bonchev–Trinajstić information content (AvgIpc) is 3.79. The second kappa shape index (κ2) is 11.4. The van der Waals surface area contributed by atoms with Crippen LogP contribution in [0.1, 0.15) is 58.1 Å². The van der Waals surface area contributed by atoms with Gasteiger partial charge in [0.1, 0.15) is 23.7 Å². The van der Waals surface area contributed by atoms with Gasteiger partial charge in [0.15, 0.2) is 12.3 Å². The number of benzene rings is 4. The maximum Gasteiger partial charge on any atom is 0.271 e. The van der Waals surface area contributed by atoms with Gasteiger partial charge in [0.05, 0.1) is 10.8 Å². The summed E-state index contributed by atoms with van der Waals surface area (Å²) in [5, 5.41) is 5.69. The molecule has 5 nitrogen and oxygen atoms in total. The van der Waals surface area contributed by atoms with Crippen molar-refractivity contribution in [1.82, 2.24) is 4.48 Å². The van der Waals surface area contributed by atoms with Gasteiger partial charge < -0.3 is 0 Å². The first kappa shape index (κ1) is 32.4. The summed E-state index contributed by atoms with van der Waals surface area (Å²) in [6, 6.07) is 25.7. The molecule has 3 aliphatic heterocycles. The fourth-order valence-corrected chi connectivity index (χ4v) is 9.60. The molecule has 1 aliphatic carbocycles. The van der Waals surface area contributed by atoms with Crippen LogP contribution in [-0.4, -0.2) is 42.1 Å². The molecule has 0 amide bonds. The van der Waals surface area contributed by atoms with Crippen LogP contribution in [0.5, 0.6) is 0 Å². The zero-order valence-corrected chi connectivity index (χ0v) is 30.1. The maximum absolute atomic E-state index is 11.9. The number of quaternary nitrogens is 1. The predicted molar refractivity (Wildman–Crippen MR) is 203 cm³/mol. The van der Waals surface area contributed by atoms with Gasteiger partial charge in [-0.15, -0.1) is 0 Å². The minimum atomic E-state index is -4.15. The highest BCUT2D eigenvalue weighted by Gasteiger charge is 2.62. The van der Waals surface area contributed by atoms with Gasteiger partial charge in [0.2, 0.25) is 12.2 Å². The van der Waals surface area contributed by atoms with E-state index in [4.69, 9.17) is 11.6 Å². The first-order chi connectivity index (χ1) is 23.3. The lowest BCUT2D eigenvalue weighted by Crippen LogP contribution is -2.29. The first-order valence-electron chi connectivity index (χ1n) is 17.2. The fraction of sp³-hybridized carbons (Fsp3) is 0.286. The number of halogens is 1. The third kappa shape index (κ3) is 5.18. The molecule has 8 rings (SSSR count). The average molecular weight is 690 g/mol. The van der Waals surface area contributed by atoms with Crippen LogP contribution >= 0.6 is 11.6 Å². The Balaban J connectivity index is 1.17. The predicted octanol–water partition coefficient (Wildman–Crippen LogP) is 9.77. The Morgan fingerprint density at radius 3 is 2.16 bits per heavy atom. The molecule has 1 atom stereocenters. The number of allylic oxidation sites excluding steroid dienone is 8. The van der Waals surface area contributed by atoms with E-state index in [2.05, 4.69) is 124 Å². The Labute approximate surface area is 294 Å². The smallest absolute Gasteiger partial charge is 0.271 e. The molecule has 1 N–H and O–H groups in total. The molecule has 7 heteroatoms. The number of hydrogen-bond donors (Lipinski definition) is 1. The lowest BCUT2D eigenvalue weighted by molar-refractivity contribution is -0.432. The molecule has 4 aromatic rings. The van der Waals surface area contributed by atoms with E-state index in [9.17, 15) is 13.0 Å². The second-order valence-electron chi connectivity index (χ2n) is 14.9. The second-order valence-corrected chi connectivity index (χ2v) is 16.9. The van der Waals surface area contributed by atoms with Gasteiger partial charge in [0, 0.05) is 34.4 Å². The van der Waals surface area contributed by atoms with Gasteiger partial charge in [-0.3, -0.25) is 4.55 Å². The van der Waals surface area contributed by atoms with E-state index in [1.54, 1.807) is 0 Å². The minimum absolute atomic E-state index is 0.136. The van der Waals surface area contributed by atoms with Crippen LogP contribution in [0.3, 0.4) is 0 Å². The highest BCUT2D eigenvalue weighted by molar-refractivity contribution is 7.85. The summed E-state index contributed by atoms with van der Waals surface area (Å²) in [6.07, 6.45) is 11.6. The van der Waals surface area contributed by atoms with Crippen molar-refractivity contribution < 1.29 is 17.5 Å². The molecule has 4 aromatic carbocycles. The van der Waals surface area contributed by atoms with Crippen LogP contribution in [0.25, 0.3) is 21.5 Å². The molecule has 1 unspecified atom stereocenters. The standard InChI is InChI=1S/C42H41ClN2O3S/c1-41(2)36(44(24-27-49(46,47)48)34-20-16-28-10-5-7-14-32(28)38(34)41)22-18-30-12-9-13-31(40(30)43)19-23-37-42(3,4)39-33-15-8-6-11-29(33)17-21-35(39)45(37)25-26-45/h5-8,10-11,14-23,25H,9,12-13,24,26-27H2,1-4H3/q+1/p+1/b22-18+,31-19+,37-23+. The van der Waals surface area contributed by atoms with E-state index in [1.165, 1.54) is 27.7 Å². The van der Waals surface area contributed by atoms with E-state index >= 15 is 0 Å². The van der Waals surface area contributed by atoms with Crippen LogP contribution in [-0.2, 0) is 20.9 Å². The molecular weight excluding hydrogens is 648 g/mol. The number of hydrogen-bond acceptors (Lipinski definition) is 2. The van der Waals surface area contributed by atoms with Crippen LogP contribution in [0.4, 0.5) is 11.4 Å². The van der Waals surface area contributed by atoms with E-state index in [-0.39, 0.29) is 17.7 Å². The summed E-state index contributed by atoms with van der Waals surface area (Å²) in [5.41, 5.74) is 8.98. The molecule has 1 saturated heterocycles. The summed E-state index contributed by atoms with van der Waals surface area (Å²) in [4.78, 5) is 0. The Hall–Kier alpha value is -3.81. The molecular formula is C42H42ClN2O3S+2. The summed E-state index contributed by atoms with van der Waals surface area (Å²) in [7, 11) is -4.15. The normalized spacial score (nSPS) is 22.3. The van der Waals surface area contributed by atoms with Gasteiger partial charge in [0.25, 0.3) is 10.1 Å². The van der Waals surface area contributed by atoms with Gasteiger partial charge in [-0.1, -0.05) is 72.3 Å². The van der Waals surface area contributed by atoms with Crippen molar-refractivity contribution in [2.75, 3.05) is 18.8 Å². The number of rotatable bonds is 6. The summed E-state index contributed by atoms with van der Waals surface area (Å²) < 4.78 is 36.3. The van der Waals surface area contributed by atoms with Crippen molar-refractivity contribution in [2.45, 2.75) is 57.8 Å². The third-order valence-corrected chi connectivity index (χ3v) is 12.4. The zero-order chi connectivity index (χ0) is 34.3. The lowest BCUT2D eigenvalue weighted by atomic mass is 9.78. The lowest BCUT2D eigenvalue weighted by Gasteiger charge is -2.22. The van der Waals surface area contributed by atoms with Crippen LogP contribution in [0.15, 0.2) is 119 Å². The highest BCUT2D eigenvalue weighted by atomic mass is 35.5. The van der Waals surface area contributed by atoms with E-state index < -0.39 is 15.5 Å². The molecule has 1 radical (unpaired) electrons. The summed E-state index contributed by atoms with van der Waals surface area (Å²) in [6.45, 7) is 12.6. The monoisotopic (exact) mass is 689 g/mol. The summed E-state index contributed by atoms with van der Waals surface area (Å²) >= 11 is 7.22. The Bertz CT molecular complexity index is 2350. The Morgan fingerprint density at radius 1 is 0.837 bits per heavy atom. The van der Waals surface area contributed by atoms with Crippen molar-refractivity contribution in [2.24, 2.45) is 0 Å². The number of fused-ring (bicyclic) bond motifs is 7. The van der Waals surface area contributed by atoms with Crippen molar-refractivity contribution in [3.63, 3.8) is 0 Å². The third-order valence-electron chi connectivity index (χ3n) is 11.2. The molecule has 3 heterocycles. The molecule has 249 valence electrons. The molecule has 1 spiro atoms. The van der Waals surface area contributed by atoms with E-state index in [1.807, 2.05) is 12.1 Å². The molecule has 49 heavy (non-hydrogen) atoms. The van der Waals surface area contributed by atoms with Crippen LogP contribution in [0.2, 0.25) is 0 Å². The van der Waals surface area contributed by atoms with Crippen molar-refractivity contribution in [3.8, 4) is 0 Å².